The van der Waals surface area contributed by atoms with E-state index in [1.807, 2.05) is 32.9 Å². The predicted octanol–water partition coefficient (Wildman–Crippen LogP) is 4.92. The zero-order valence-electron chi connectivity index (χ0n) is 15.8. The summed E-state index contributed by atoms with van der Waals surface area (Å²) in [4.78, 5) is 29.0. The maximum Gasteiger partial charge on any atom is 0.481 e. The summed E-state index contributed by atoms with van der Waals surface area (Å²) in [5.74, 6) is 0. The van der Waals surface area contributed by atoms with Gasteiger partial charge in [0.1, 0.15) is 0 Å². The summed E-state index contributed by atoms with van der Waals surface area (Å²) in [6, 6.07) is -0.248. The van der Waals surface area contributed by atoms with E-state index in [2.05, 4.69) is 18.9 Å². The number of azide groups is 1. The Kier molecular flexibility index (Phi) is 11.7. The lowest BCUT2D eigenvalue weighted by Crippen LogP contribution is -2.04. The van der Waals surface area contributed by atoms with Gasteiger partial charge in [-0.1, -0.05) is 40.1 Å². The number of phosphoric ester groups is 1. The summed E-state index contributed by atoms with van der Waals surface area (Å²) in [6.07, 6.45) is 7.40. The second kappa shape index (κ2) is 12.3. The van der Waals surface area contributed by atoms with Crippen LogP contribution in [0.5, 0.6) is 0 Å². The van der Waals surface area contributed by atoms with E-state index < -0.39 is 15.6 Å². The molecule has 0 aromatic carbocycles. The van der Waals surface area contributed by atoms with Crippen LogP contribution in [0.4, 0.5) is 0 Å². The Morgan fingerprint density at radius 1 is 1.15 bits per heavy atom. The van der Waals surface area contributed by atoms with Gasteiger partial charge in [-0.05, 0) is 52.5 Å². The zero-order valence-corrected chi connectivity index (χ0v) is 17.6. The Balaban J connectivity index is 4.60. The Labute approximate surface area is 159 Å². The second-order valence-corrected chi connectivity index (χ2v) is 8.94. The van der Waals surface area contributed by atoms with Crippen LogP contribution >= 0.6 is 15.6 Å². The molecule has 0 aliphatic rings. The van der Waals surface area contributed by atoms with Crippen molar-refractivity contribution in [1.29, 1.82) is 0 Å². The van der Waals surface area contributed by atoms with Gasteiger partial charge in [-0.25, -0.2) is 9.13 Å². The van der Waals surface area contributed by atoms with E-state index in [9.17, 15) is 9.13 Å². The van der Waals surface area contributed by atoms with Crippen LogP contribution < -0.4 is 0 Å². The zero-order chi connectivity index (χ0) is 21.1. The van der Waals surface area contributed by atoms with Crippen LogP contribution in [0.25, 0.3) is 10.4 Å². The number of rotatable bonds is 12. The molecule has 3 N–H and O–H groups in total. The van der Waals surface area contributed by atoms with Gasteiger partial charge in [0.25, 0.3) is 0 Å². The van der Waals surface area contributed by atoms with Crippen LogP contribution in [0.2, 0.25) is 0 Å². The van der Waals surface area contributed by atoms with Gasteiger partial charge >= 0.3 is 15.6 Å². The highest BCUT2D eigenvalue weighted by Gasteiger charge is 2.31. The Bertz CT molecular complexity index is 717. The maximum atomic E-state index is 11.3. The van der Waals surface area contributed by atoms with Gasteiger partial charge < -0.3 is 14.7 Å². The molecule has 0 radical (unpaired) electrons. The summed E-state index contributed by atoms with van der Waals surface area (Å²) in [5, 5.41) is 3.80. The van der Waals surface area contributed by atoms with Gasteiger partial charge in [0, 0.05) is 4.91 Å². The highest BCUT2D eigenvalue weighted by atomic mass is 31.3. The quantitative estimate of drug-likeness (QED) is 0.132. The molecule has 12 heteroatoms. The summed E-state index contributed by atoms with van der Waals surface area (Å²) in [7, 11) is -9.93. The molecule has 0 aromatic heterocycles. The maximum absolute atomic E-state index is 11.3. The molecule has 0 rings (SSSR count). The minimum atomic E-state index is -5.11. The number of hydrogen-bond acceptors (Lipinski definition) is 5. The lowest BCUT2D eigenvalue weighted by molar-refractivity contribution is 0.191. The largest absolute Gasteiger partial charge is 0.481 e. The van der Waals surface area contributed by atoms with Gasteiger partial charge in [-0.3, -0.25) is 4.52 Å². The lowest BCUT2D eigenvalue weighted by atomic mass is 10.0. The van der Waals surface area contributed by atoms with Gasteiger partial charge in [0.15, 0.2) is 0 Å². The van der Waals surface area contributed by atoms with Crippen LogP contribution in [-0.4, -0.2) is 27.3 Å². The Morgan fingerprint density at radius 2 is 1.78 bits per heavy atom. The smallest absolute Gasteiger partial charge is 0.302 e. The number of hydrogen-bond donors (Lipinski definition) is 3. The number of nitrogens with zero attached hydrogens (tertiary/aromatic N) is 3. The third kappa shape index (κ3) is 14.5. The fourth-order valence-corrected chi connectivity index (χ4v) is 3.46. The minimum absolute atomic E-state index is 0.248. The van der Waals surface area contributed by atoms with E-state index >= 15 is 0 Å². The molecule has 0 saturated heterocycles. The standard InChI is InChI=1S/C15H27N3O7P2/c1-12(2)8-9-15(17-18-16)14(4)7-5-6-13(3)10-11-24-27(22,23)25-26(19,20)21/h7-8,10,15H,5-6,9,11H2,1-4H3,(H,22,23)(H2,19,20,21)/b13-10+,14-7+. The molecule has 0 amide bonds. The van der Waals surface area contributed by atoms with Crippen molar-refractivity contribution in [1.82, 2.24) is 0 Å². The van der Waals surface area contributed by atoms with E-state index in [1.54, 1.807) is 6.92 Å². The number of phosphoric acid groups is 2. The van der Waals surface area contributed by atoms with Crippen molar-refractivity contribution in [2.45, 2.75) is 53.0 Å². The van der Waals surface area contributed by atoms with Gasteiger partial charge in [-0.2, -0.15) is 4.31 Å². The topological polar surface area (TPSA) is 162 Å². The molecule has 0 fully saturated rings. The van der Waals surface area contributed by atoms with E-state index in [0.717, 1.165) is 16.7 Å². The fourth-order valence-electron chi connectivity index (χ4n) is 1.93. The van der Waals surface area contributed by atoms with Crippen LogP contribution in [0.1, 0.15) is 47.0 Å². The molecule has 0 aliphatic carbocycles. The molecule has 27 heavy (non-hydrogen) atoms. The molecule has 2 unspecified atom stereocenters. The second-order valence-electron chi connectivity index (χ2n) is 6.11. The first-order valence-electron chi connectivity index (χ1n) is 8.10. The average molecular weight is 423 g/mol. The van der Waals surface area contributed by atoms with E-state index in [-0.39, 0.29) is 12.6 Å². The third-order valence-electron chi connectivity index (χ3n) is 3.35. The molecule has 0 aromatic rings. The van der Waals surface area contributed by atoms with Crippen LogP contribution in [0.15, 0.2) is 40.1 Å². The molecular formula is C15H27N3O7P2. The van der Waals surface area contributed by atoms with Crippen molar-refractivity contribution < 1.29 is 32.6 Å². The summed E-state index contributed by atoms with van der Waals surface area (Å²) < 4.78 is 30.0. The molecule has 154 valence electrons. The van der Waals surface area contributed by atoms with Gasteiger partial charge in [0.2, 0.25) is 0 Å². The first-order chi connectivity index (χ1) is 12.4. The van der Waals surface area contributed by atoms with Crippen molar-refractivity contribution in [3.63, 3.8) is 0 Å². The van der Waals surface area contributed by atoms with Crippen LogP contribution in [0.3, 0.4) is 0 Å². The molecular weight excluding hydrogens is 396 g/mol. The highest BCUT2D eigenvalue weighted by molar-refractivity contribution is 7.60. The lowest BCUT2D eigenvalue weighted by Gasteiger charge is -2.11. The van der Waals surface area contributed by atoms with E-state index in [0.29, 0.717) is 19.3 Å². The molecule has 0 bridgehead atoms. The number of allylic oxidation sites excluding steroid dienone is 3. The molecule has 2 atom stereocenters. The highest BCUT2D eigenvalue weighted by Crippen LogP contribution is 2.57. The summed E-state index contributed by atoms with van der Waals surface area (Å²) >= 11 is 0. The van der Waals surface area contributed by atoms with Crippen LogP contribution in [0, 0.1) is 0 Å². The predicted molar refractivity (Wildman–Crippen MR) is 103 cm³/mol. The van der Waals surface area contributed by atoms with E-state index in [4.69, 9.17) is 20.2 Å². The normalized spacial score (nSPS) is 16.3. The van der Waals surface area contributed by atoms with Crippen LogP contribution in [-0.2, 0) is 18.0 Å². The Hall–Kier alpha value is -1.21. The third-order valence-corrected chi connectivity index (χ3v) is 5.50. The van der Waals surface area contributed by atoms with Crippen molar-refractivity contribution in [2.24, 2.45) is 5.11 Å². The molecule has 0 spiro atoms. The first-order valence-corrected chi connectivity index (χ1v) is 11.1. The molecule has 10 nitrogen and oxygen atoms in total. The van der Waals surface area contributed by atoms with Crippen molar-refractivity contribution in [2.75, 3.05) is 6.61 Å². The summed E-state index contributed by atoms with van der Waals surface area (Å²) in [5.41, 5.74) is 11.6. The van der Waals surface area contributed by atoms with Crippen molar-refractivity contribution >= 4 is 15.6 Å². The van der Waals surface area contributed by atoms with E-state index in [1.165, 1.54) is 6.08 Å². The fraction of sp³-hybridized carbons (Fsp3) is 0.600. The average Bonchev–Trinajstić information content (AvgIpc) is 2.48. The monoisotopic (exact) mass is 423 g/mol. The SMILES string of the molecule is CC(C)=CCC(N=[N+]=[N-])/C(C)=C/CC/C(C)=C/COP(=O)(O)OP(=O)(O)O. The van der Waals surface area contributed by atoms with Crippen molar-refractivity contribution in [3.05, 3.63) is 45.4 Å². The molecule has 0 heterocycles. The molecule has 0 aliphatic heterocycles. The summed E-state index contributed by atoms with van der Waals surface area (Å²) in [6.45, 7) is 7.29. The minimum Gasteiger partial charge on any atom is -0.302 e. The van der Waals surface area contributed by atoms with Gasteiger partial charge in [0.05, 0.1) is 12.6 Å². The van der Waals surface area contributed by atoms with Crippen molar-refractivity contribution in [3.8, 4) is 0 Å². The molecule has 0 saturated carbocycles. The Morgan fingerprint density at radius 3 is 2.30 bits per heavy atom. The van der Waals surface area contributed by atoms with Gasteiger partial charge in [-0.15, -0.1) is 0 Å². The first kappa shape index (κ1) is 25.8.